The molecule has 2 heterocycles. The minimum Gasteiger partial charge on any atom is -0.455 e. The fourth-order valence-corrected chi connectivity index (χ4v) is 4.65. The molecule has 0 unspecified atom stereocenters. The van der Waals surface area contributed by atoms with Crippen LogP contribution < -0.4 is 0 Å². The fourth-order valence-electron chi connectivity index (χ4n) is 4.65. The number of furan rings is 1. The van der Waals surface area contributed by atoms with E-state index in [0.29, 0.717) is 22.6 Å². The third-order valence-corrected chi connectivity index (χ3v) is 6.06. The molecule has 1 saturated heterocycles. The number of benzene rings is 1. The van der Waals surface area contributed by atoms with Gasteiger partial charge in [0, 0.05) is 17.2 Å². The molecule has 8 nitrogen and oxygen atoms in total. The van der Waals surface area contributed by atoms with Crippen LogP contribution in [0.15, 0.2) is 52.0 Å². The Morgan fingerprint density at radius 1 is 1.14 bits per heavy atom. The quantitative estimate of drug-likeness (QED) is 0.261. The Kier molecular flexibility index (Phi) is 3.77. The molecule has 1 saturated carbocycles. The van der Waals surface area contributed by atoms with E-state index in [9.17, 15) is 19.7 Å². The summed E-state index contributed by atoms with van der Waals surface area (Å²) in [6.45, 7) is 1.67. The Morgan fingerprint density at radius 3 is 2.48 bits per heavy atom. The number of nitro groups is 1. The topological polar surface area (TPSA) is 106 Å². The van der Waals surface area contributed by atoms with Gasteiger partial charge in [-0.25, -0.2) is 0 Å². The van der Waals surface area contributed by atoms with Crippen LogP contribution in [0.25, 0.3) is 11.3 Å². The molecule has 2 bridgehead atoms. The molecular formula is C21H17N3O5. The normalized spacial score (nSPS) is 27.4. The second kappa shape index (κ2) is 6.23. The summed E-state index contributed by atoms with van der Waals surface area (Å²) < 4.78 is 5.69. The van der Waals surface area contributed by atoms with E-state index >= 15 is 0 Å². The Balaban J connectivity index is 1.37. The number of imide groups is 1. The van der Waals surface area contributed by atoms with Gasteiger partial charge in [0.15, 0.2) is 0 Å². The maximum Gasteiger partial charge on any atom is 0.273 e. The zero-order chi connectivity index (χ0) is 20.3. The smallest absolute Gasteiger partial charge is 0.273 e. The van der Waals surface area contributed by atoms with Crippen LogP contribution >= 0.6 is 0 Å². The van der Waals surface area contributed by atoms with E-state index in [1.54, 1.807) is 31.2 Å². The van der Waals surface area contributed by atoms with Crippen molar-refractivity contribution in [2.75, 3.05) is 0 Å². The first kappa shape index (κ1) is 17.5. The number of hydrogen-bond acceptors (Lipinski definition) is 6. The minimum atomic E-state index is -0.437. The maximum atomic E-state index is 12.6. The van der Waals surface area contributed by atoms with Crippen molar-refractivity contribution in [3.8, 4) is 11.3 Å². The molecule has 1 aromatic carbocycles. The number of carbonyl (C=O) groups excluding carboxylic acids is 2. The van der Waals surface area contributed by atoms with Crippen LogP contribution in [0, 0.1) is 40.7 Å². The van der Waals surface area contributed by atoms with Gasteiger partial charge in [0.1, 0.15) is 11.5 Å². The van der Waals surface area contributed by atoms with Crippen LogP contribution in [0.2, 0.25) is 0 Å². The largest absolute Gasteiger partial charge is 0.455 e. The predicted octanol–water partition coefficient (Wildman–Crippen LogP) is 3.30. The molecule has 0 N–H and O–H groups in total. The highest BCUT2D eigenvalue weighted by Gasteiger charge is 2.59. The molecule has 3 aliphatic rings. The van der Waals surface area contributed by atoms with E-state index in [2.05, 4.69) is 5.10 Å². The highest BCUT2D eigenvalue weighted by molar-refractivity contribution is 6.06. The first-order valence-corrected chi connectivity index (χ1v) is 9.39. The third kappa shape index (κ3) is 2.63. The number of hydrazone groups is 1. The number of carbonyl (C=O) groups is 2. The number of amides is 2. The van der Waals surface area contributed by atoms with Crippen molar-refractivity contribution in [3.05, 3.63) is 63.9 Å². The Hall–Kier alpha value is -3.55. The zero-order valence-electron chi connectivity index (χ0n) is 15.5. The molecule has 29 heavy (non-hydrogen) atoms. The van der Waals surface area contributed by atoms with Crippen molar-refractivity contribution in [1.82, 2.24) is 5.01 Å². The van der Waals surface area contributed by atoms with Gasteiger partial charge in [-0.1, -0.05) is 24.3 Å². The molecule has 4 atom stereocenters. The summed E-state index contributed by atoms with van der Waals surface area (Å²) in [5.41, 5.74) is 1.14. The lowest BCUT2D eigenvalue weighted by Gasteiger charge is -2.13. The average Bonchev–Trinajstić information content (AvgIpc) is 3.46. The van der Waals surface area contributed by atoms with Gasteiger partial charge >= 0.3 is 0 Å². The number of hydrogen-bond donors (Lipinski definition) is 0. The number of nitrogens with zero attached hydrogens (tertiary/aromatic N) is 3. The fraction of sp³-hybridized carbons (Fsp3) is 0.286. The average molecular weight is 391 g/mol. The van der Waals surface area contributed by atoms with Crippen LogP contribution in [0.3, 0.4) is 0 Å². The van der Waals surface area contributed by atoms with Gasteiger partial charge in [-0.15, -0.1) is 0 Å². The van der Waals surface area contributed by atoms with Crippen molar-refractivity contribution < 1.29 is 18.9 Å². The Morgan fingerprint density at radius 2 is 1.83 bits per heavy atom. The van der Waals surface area contributed by atoms with Crippen LogP contribution in [-0.2, 0) is 9.59 Å². The van der Waals surface area contributed by atoms with Crippen molar-refractivity contribution in [3.63, 3.8) is 0 Å². The number of fused-ring (bicyclic) bond motifs is 5. The number of aryl methyl sites for hydroxylation is 1. The van der Waals surface area contributed by atoms with Crippen molar-refractivity contribution in [2.24, 2.45) is 28.8 Å². The second-order valence-corrected chi connectivity index (χ2v) is 7.69. The lowest BCUT2D eigenvalue weighted by molar-refractivity contribution is -0.385. The van der Waals surface area contributed by atoms with Gasteiger partial charge < -0.3 is 4.42 Å². The van der Waals surface area contributed by atoms with Crippen LogP contribution in [0.5, 0.6) is 0 Å². The van der Waals surface area contributed by atoms with Crippen LogP contribution in [0.1, 0.15) is 17.7 Å². The molecule has 1 aromatic heterocycles. The Labute approximate surface area is 165 Å². The first-order chi connectivity index (χ1) is 13.9. The summed E-state index contributed by atoms with van der Waals surface area (Å²) in [6.07, 6.45) is 6.26. The highest BCUT2D eigenvalue weighted by atomic mass is 16.6. The summed E-state index contributed by atoms with van der Waals surface area (Å²) in [5.74, 6) is -0.0500. The lowest BCUT2D eigenvalue weighted by atomic mass is 9.85. The Bertz CT molecular complexity index is 1090. The number of allylic oxidation sites excluding steroid dienone is 2. The molecule has 2 fully saturated rings. The summed E-state index contributed by atoms with van der Waals surface area (Å²) in [6, 6.07) is 8.16. The van der Waals surface area contributed by atoms with Crippen molar-refractivity contribution in [2.45, 2.75) is 13.3 Å². The lowest BCUT2D eigenvalue weighted by Crippen LogP contribution is -2.28. The molecular weight excluding hydrogens is 374 g/mol. The van der Waals surface area contributed by atoms with Gasteiger partial charge in [-0.3, -0.25) is 19.7 Å². The molecule has 2 amide bonds. The molecule has 0 spiro atoms. The monoisotopic (exact) mass is 391 g/mol. The molecule has 2 aliphatic carbocycles. The molecule has 1 aliphatic heterocycles. The maximum absolute atomic E-state index is 12.6. The minimum absolute atomic E-state index is 0.0113. The van der Waals surface area contributed by atoms with Gasteiger partial charge in [0.05, 0.1) is 23.0 Å². The van der Waals surface area contributed by atoms with Gasteiger partial charge in [-0.05, 0) is 37.3 Å². The van der Waals surface area contributed by atoms with Crippen LogP contribution in [-0.4, -0.2) is 28.0 Å². The highest BCUT2D eigenvalue weighted by Crippen LogP contribution is 2.52. The van der Waals surface area contributed by atoms with E-state index in [-0.39, 0.29) is 41.2 Å². The summed E-state index contributed by atoms with van der Waals surface area (Å²) in [7, 11) is 0. The van der Waals surface area contributed by atoms with E-state index in [0.717, 1.165) is 11.4 Å². The third-order valence-electron chi connectivity index (χ3n) is 6.06. The summed E-state index contributed by atoms with van der Waals surface area (Å²) in [4.78, 5) is 36.0. The first-order valence-electron chi connectivity index (χ1n) is 9.39. The zero-order valence-corrected chi connectivity index (χ0v) is 15.5. The number of rotatable bonds is 4. The summed E-state index contributed by atoms with van der Waals surface area (Å²) in [5, 5.41) is 16.2. The van der Waals surface area contributed by atoms with E-state index in [1.807, 2.05) is 12.2 Å². The molecule has 8 heteroatoms. The number of nitro benzene ring substituents is 1. The van der Waals surface area contributed by atoms with Crippen molar-refractivity contribution in [1.29, 1.82) is 0 Å². The molecule has 5 rings (SSSR count). The van der Waals surface area contributed by atoms with Crippen LogP contribution in [0.4, 0.5) is 5.69 Å². The van der Waals surface area contributed by atoms with E-state index < -0.39 is 4.92 Å². The molecule has 2 aromatic rings. The van der Waals surface area contributed by atoms with Gasteiger partial charge in [-0.2, -0.15) is 10.1 Å². The summed E-state index contributed by atoms with van der Waals surface area (Å²) >= 11 is 0. The predicted molar refractivity (Wildman–Crippen MR) is 103 cm³/mol. The molecule has 146 valence electrons. The van der Waals surface area contributed by atoms with Crippen molar-refractivity contribution >= 4 is 23.7 Å². The van der Waals surface area contributed by atoms with Gasteiger partial charge in [0.2, 0.25) is 0 Å². The van der Waals surface area contributed by atoms with Gasteiger partial charge in [0.25, 0.3) is 17.5 Å². The van der Waals surface area contributed by atoms with E-state index in [1.165, 1.54) is 12.3 Å². The molecule has 0 radical (unpaired) electrons. The van der Waals surface area contributed by atoms with E-state index in [4.69, 9.17) is 4.42 Å². The second-order valence-electron chi connectivity index (χ2n) is 7.69. The SMILES string of the molecule is Cc1ccc(-c2ccc(/C=N\N3C(=O)[C@@H]4[C@@H](C3=O)[C@@H]3C=C[C@@H]4C3)o2)cc1[N+](=O)[O-]. The standard InChI is InChI=1S/C21H17N3O5/c1-11-2-3-12(9-16(11)24(27)28)17-7-6-15(29-17)10-22-23-20(25)18-13-4-5-14(8-13)19(18)21(23)26/h2-7,9-10,13-14,18-19H,8H2,1H3/b22-10-/t13-,14-,18+,19+/m1/s1.